The first-order valence-electron chi connectivity index (χ1n) is 8.45. The van der Waals surface area contributed by atoms with Crippen LogP contribution in [0.15, 0.2) is 43.2 Å². The third kappa shape index (κ3) is 3.46. The Labute approximate surface area is 171 Å². The first-order chi connectivity index (χ1) is 13.6. The number of halogens is 2. The molecule has 28 heavy (non-hydrogen) atoms. The number of aromatic amines is 1. The molecule has 0 spiro atoms. The van der Waals surface area contributed by atoms with Crippen molar-refractivity contribution in [1.82, 2.24) is 24.9 Å². The molecule has 1 unspecified atom stereocenters. The van der Waals surface area contributed by atoms with Crippen molar-refractivity contribution in [2.24, 2.45) is 0 Å². The molecule has 0 aliphatic carbocycles. The van der Waals surface area contributed by atoms with E-state index in [4.69, 9.17) is 27.9 Å². The van der Waals surface area contributed by atoms with Crippen LogP contribution in [0.25, 0.3) is 22.3 Å². The van der Waals surface area contributed by atoms with E-state index in [9.17, 15) is 0 Å². The standard InChI is InChI=1S/C19H16Cl2N6O/c1-10(27-19-16-18(24-8-23-16)25-9-26-19)14-4-12(20)5-15(17(14)28-2)11-3-13(21)7-22-6-11/h3-10H,1-2H3,(H2,23,24,25,26,27). The number of pyridine rings is 1. The van der Waals surface area contributed by atoms with Gasteiger partial charge in [0, 0.05) is 34.1 Å². The van der Waals surface area contributed by atoms with Gasteiger partial charge in [0.1, 0.15) is 17.6 Å². The lowest BCUT2D eigenvalue weighted by Gasteiger charge is -2.21. The van der Waals surface area contributed by atoms with Gasteiger partial charge >= 0.3 is 0 Å². The number of hydrogen-bond donors (Lipinski definition) is 2. The van der Waals surface area contributed by atoms with Crippen molar-refractivity contribution >= 4 is 40.2 Å². The molecule has 0 bridgehead atoms. The number of benzene rings is 1. The van der Waals surface area contributed by atoms with Crippen LogP contribution in [0.4, 0.5) is 5.82 Å². The van der Waals surface area contributed by atoms with Crippen LogP contribution in [-0.2, 0) is 0 Å². The van der Waals surface area contributed by atoms with Crippen molar-refractivity contribution in [2.45, 2.75) is 13.0 Å². The first kappa shape index (κ1) is 18.5. The van der Waals surface area contributed by atoms with Crippen LogP contribution in [-0.4, -0.2) is 32.0 Å². The van der Waals surface area contributed by atoms with E-state index in [1.807, 2.05) is 25.1 Å². The Hall–Kier alpha value is -2.90. The summed E-state index contributed by atoms with van der Waals surface area (Å²) in [5, 5.41) is 4.49. The van der Waals surface area contributed by atoms with Gasteiger partial charge in [0.2, 0.25) is 0 Å². The molecule has 0 aliphatic rings. The Balaban J connectivity index is 1.77. The second kappa shape index (κ2) is 7.61. The van der Waals surface area contributed by atoms with Gasteiger partial charge in [-0.1, -0.05) is 23.2 Å². The van der Waals surface area contributed by atoms with Crippen molar-refractivity contribution in [2.75, 3.05) is 12.4 Å². The van der Waals surface area contributed by atoms with Crippen molar-refractivity contribution < 1.29 is 4.74 Å². The van der Waals surface area contributed by atoms with Gasteiger partial charge in [-0.05, 0) is 25.1 Å². The van der Waals surface area contributed by atoms with Gasteiger partial charge in [0.25, 0.3) is 0 Å². The number of fused-ring (bicyclic) bond motifs is 1. The lowest BCUT2D eigenvalue weighted by atomic mass is 9.99. The van der Waals surface area contributed by atoms with E-state index in [1.165, 1.54) is 6.33 Å². The number of rotatable bonds is 5. The zero-order valence-electron chi connectivity index (χ0n) is 15.1. The van der Waals surface area contributed by atoms with Crippen molar-refractivity contribution in [3.05, 3.63) is 58.9 Å². The molecule has 4 rings (SSSR count). The summed E-state index contributed by atoms with van der Waals surface area (Å²) in [7, 11) is 1.62. The molecule has 7 nitrogen and oxygen atoms in total. The van der Waals surface area contributed by atoms with Crippen LogP contribution in [0, 0.1) is 0 Å². The van der Waals surface area contributed by atoms with E-state index in [-0.39, 0.29) is 6.04 Å². The van der Waals surface area contributed by atoms with E-state index in [0.717, 1.165) is 22.2 Å². The topological polar surface area (TPSA) is 88.6 Å². The van der Waals surface area contributed by atoms with Gasteiger partial charge in [-0.15, -0.1) is 0 Å². The van der Waals surface area contributed by atoms with E-state index in [0.29, 0.717) is 27.3 Å². The molecular formula is C19H16Cl2N6O. The molecule has 0 saturated heterocycles. The zero-order chi connectivity index (χ0) is 19.7. The van der Waals surface area contributed by atoms with Crippen LogP contribution in [0.5, 0.6) is 5.75 Å². The van der Waals surface area contributed by atoms with Crippen LogP contribution in [0.2, 0.25) is 10.0 Å². The van der Waals surface area contributed by atoms with Crippen molar-refractivity contribution in [3.8, 4) is 16.9 Å². The van der Waals surface area contributed by atoms with Crippen LogP contribution < -0.4 is 10.1 Å². The number of hydrogen-bond acceptors (Lipinski definition) is 6. The SMILES string of the molecule is COc1c(-c2cncc(Cl)c2)cc(Cl)cc1C(C)Nc1ncnc2nc[nH]c12. The summed E-state index contributed by atoms with van der Waals surface area (Å²) < 4.78 is 5.73. The monoisotopic (exact) mass is 414 g/mol. The number of imidazole rings is 1. The highest BCUT2D eigenvalue weighted by Gasteiger charge is 2.19. The average Bonchev–Trinajstić information content (AvgIpc) is 3.17. The number of H-pyrrole nitrogens is 1. The number of ether oxygens (including phenoxy) is 1. The van der Waals surface area contributed by atoms with Crippen LogP contribution in [0.1, 0.15) is 18.5 Å². The maximum Gasteiger partial charge on any atom is 0.182 e. The highest BCUT2D eigenvalue weighted by molar-refractivity contribution is 6.31. The zero-order valence-corrected chi connectivity index (χ0v) is 16.6. The quantitative estimate of drug-likeness (QED) is 0.482. The second-order valence-electron chi connectivity index (χ2n) is 6.16. The lowest BCUT2D eigenvalue weighted by molar-refractivity contribution is 0.409. The van der Waals surface area contributed by atoms with Gasteiger partial charge in [-0.2, -0.15) is 0 Å². The Morgan fingerprint density at radius 2 is 1.93 bits per heavy atom. The van der Waals surface area contributed by atoms with E-state index in [2.05, 4.69) is 30.2 Å². The Bertz CT molecular complexity index is 1150. The molecule has 9 heteroatoms. The number of nitrogens with one attached hydrogen (secondary N) is 2. The molecule has 142 valence electrons. The Kier molecular flexibility index (Phi) is 5.02. The summed E-state index contributed by atoms with van der Waals surface area (Å²) in [6.45, 7) is 2.00. The average molecular weight is 415 g/mol. The summed E-state index contributed by atoms with van der Waals surface area (Å²) in [6, 6.07) is 5.36. The maximum absolute atomic E-state index is 6.41. The molecule has 3 aromatic heterocycles. The minimum atomic E-state index is -0.166. The molecule has 0 aliphatic heterocycles. The molecule has 0 saturated carbocycles. The van der Waals surface area contributed by atoms with Gasteiger partial charge < -0.3 is 15.0 Å². The summed E-state index contributed by atoms with van der Waals surface area (Å²) >= 11 is 12.5. The fourth-order valence-corrected chi connectivity index (χ4v) is 3.50. The molecule has 3 heterocycles. The minimum absolute atomic E-state index is 0.166. The van der Waals surface area contributed by atoms with Crippen LogP contribution >= 0.6 is 23.2 Å². The predicted octanol–water partition coefficient (Wildman–Crippen LogP) is 4.90. The highest BCUT2D eigenvalue weighted by atomic mass is 35.5. The first-order valence-corrected chi connectivity index (χ1v) is 9.21. The van der Waals surface area contributed by atoms with Gasteiger partial charge in [0.15, 0.2) is 11.5 Å². The maximum atomic E-state index is 6.41. The molecule has 1 aromatic carbocycles. The number of anilines is 1. The van der Waals surface area contributed by atoms with Crippen molar-refractivity contribution in [3.63, 3.8) is 0 Å². The van der Waals surface area contributed by atoms with E-state index in [1.54, 1.807) is 25.8 Å². The molecular weight excluding hydrogens is 399 g/mol. The molecule has 0 radical (unpaired) electrons. The molecule has 4 aromatic rings. The number of methoxy groups -OCH3 is 1. The Morgan fingerprint density at radius 1 is 1.07 bits per heavy atom. The van der Waals surface area contributed by atoms with Gasteiger partial charge in [-0.25, -0.2) is 15.0 Å². The number of aromatic nitrogens is 5. The van der Waals surface area contributed by atoms with Crippen molar-refractivity contribution in [1.29, 1.82) is 0 Å². The predicted molar refractivity (Wildman–Crippen MR) is 110 cm³/mol. The molecule has 1 atom stereocenters. The van der Waals surface area contributed by atoms with Gasteiger partial charge in [-0.3, -0.25) is 4.98 Å². The van der Waals surface area contributed by atoms with E-state index < -0.39 is 0 Å². The molecule has 0 amide bonds. The smallest absolute Gasteiger partial charge is 0.182 e. The fourth-order valence-electron chi connectivity index (χ4n) is 3.10. The largest absolute Gasteiger partial charge is 0.496 e. The molecule has 2 N–H and O–H groups in total. The fraction of sp³-hybridized carbons (Fsp3) is 0.158. The lowest BCUT2D eigenvalue weighted by Crippen LogP contribution is -2.10. The second-order valence-corrected chi connectivity index (χ2v) is 7.03. The summed E-state index contributed by atoms with van der Waals surface area (Å²) in [4.78, 5) is 19.8. The molecule has 0 fully saturated rings. The van der Waals surface area contributed by atoms with E-state index >= 15 is 0 Å². The Morgan fingerprint density at radius 3 is 2.71 bits per heavy atom. The third-order valence-corrected chi connectivity index (χ3v) is 4.77. The number of nitrogens with zero attached hydrogens (tertiary/aromatic N) is 4. The highest BCUT2D eigenvalue weighted by Crippen LogP contribution is 2.40. The van der Waals surface area contributed by atoms with Gasteiger partial charge in [0.05, 0.1) is 24.5 Å². The summed E-state index contributed by atoms with van der Waals surface area (Å²) in [5.74, 6) is 1.33. The third-order valence-electron chi connectivity index (χ3n) is 4.35. The summed E-state index contributed by atoms with van der Waals surface area (Å²) in [5.41, 5.74) is 3.82. The minimum Gasteiger partial charge on any atom is -0.496 e. The summed E-state index contributed by atoms with van der Waals surface area (Å²) in [6.07, 6.45) is 6.36. The van der Waals surface area contributed by atoms with Crippen LogP contribution in [0.3, 0.4) is 0 Å². The normalized spacial score (nSPS) is 12.1.